The molecule has 1 aromatic carbocycles. The molecule has 1 atom stereocenters. The number of hydrogen-bond acceptors (Lipinski definition) is 4. The molecule has 136 valence electrons. The fraction of sp³-hybridized carbons (Fsp3) is 0.400. The average Bonchev–Trinajstić information content (AvgIpc) is 3.04. The van der Waals surface area contributed by atoms with E-state index in [4.69, 9.17) is 0 Å². The third-order valence-electron chi connectivity index (χ3n) is 5.28. The predicted molar refractivity (Wildman–Crippen MR) is 99.6 cm³/mol. The van der Waals surface area contributed by atoms with E-state index in [0.717, 1.165) is 43.0 Å². The second-order valence-corrected chi connectivity index (χ2v) is 6.98. The first-order valence-electron chi connectivity index (χ1n) is 9.09. The van der Waals surface area contributed by atoms with Gasteiger partial charge in [-0.1, -0.05) is 6.07 Å². The first kappa shape index (κ1) is 17.1. The number of carbonyl (C=O) groups excluding carboxylic acids is 1. The number of aryl methyl sites for hydroxylation is 1. The van der Waals surface area contributed by atoms with Crippen molar-refractivity contribution < 1.29 is 9.18 Å². The summed E-state index contributed by atoms with van der Waals surface area (Å²) < 4.78 is 14.3. The van der Waals surface area contributed by atoms with E-state index >= 15 is 0 Å². The first-order chi connectivity index (χ1) is 12.6. The Labute approximate surface area is 152 Å². The molecule has 2 saturated heterocycles. The van der Waals surface area contributed by atoms with Crippen LogP contribution in [-0.4, -0.2) is 54.6 Å². The molecule has 2 aliphatic heterocycles. The van der Waals surface area contributed by atoms with E-state index in [-0.39, 0.29) is 17.8 Å². The minimum atomic E-state index is -0.334. The van der Waals surface area contributed by atoms with E-state index in [0.29, 0.717) is 18.7 Å². The predicted octanol–water partition coefficient (Wildman–Crippen LogP) is 2.21. The second-order valence-electron chi connectivity index (χ2n) is 6.98. The normalized spacial score (nSPS) is 21.4. The smallest absolute Gasteiger partial charge is 0.228 e. The van der Waals surface area contributed by atoms with Gasteiger partial charge in [-0.3, -0.25) is 14.7 Å². The van der Waals surface area contributed by atoms with E-state index in [1.165, 1.54) is 12.1 Å². The molecular weight excluding hydrogens is 331 g/mol. The highest BCUT2D eigenvalue weighted by atomic mass is 19.1. The van der Waals surface area contributed by atoms with Gasteiger partial charge < -0.3 is 10.2 Å². The summed E-state index contributed by atoms with van der Waals surface area (Å²) in [6, 6.07) is 8.82. The lowest BCUT2D eigenvalue weighted by Gasteiger charge is -2.32. The van der Waals surface area contributed by atoms with Gasteiger partial charge in [-0.2, -0.15) is 0 Å². The number of pyridine rings is 1. The third-order valence-corrected chi connectivity index (χ3v) is 5.28. The van der Waals surface area contributed by atoms with Gasteiger partial charge in [0.25, 0.3) is 0 Å². The molecule has 1 unspecified atom stereocenters. The zero-order valence-electron chi connectivity index (χ0n) is 14.9. The summed E-state index contributed by atoms with van der Waals surface area (Å²) >= 11 is 0. The van der Waals surface area contributed by atoms with Crippen LogP contribution in [0.2, 0.25) is 0 Å². The van der Waals surface area contributed by atoms with E-state index < -0.39 is 0 Å². The molecule has 2 aliphatic rings. The summed E-state index contributed by atoms with van der Waals surface area (Å²) in [4.78, 5) is 21.0. The zero-order valence-corrected chi connectivity index (χ0v) is 14.9. The quantitative estimate of drug-likeness (QED) is 0.918. The maximum absolute atomic E-state index is 14.3. The van der Waals surface area contributed by atoms with E-state index in [9.17, 15) is 9.18 Å². The van der Waals surface area contributed by atoms with Crippen LogP contribution in [0, 0.1) is 12.7 Å². The van der Waals surface area contributed by atoms with Crippen molar-refractivity contribution in [1.82, 2.24) is 15.2 Å². The molecule has 4 rings (SSSR count). The van der Waals surface area contributed by atoms with Crippen LogP contribution < -0.4 is 10.2 Å². The number of aromatic nitrogens is 1. The highest BCUT2D eigenvalue weighted by molar-refractivity contribution is 5.97. The third kappa shape index (κ3) is 3.34. The minimum absolute atomic E-state index is 0.0630. The van der Waals surface area contributed by atoms with E-state index in [1.54, 1.807) is 11.1 Å². The van der Waals surface area contributed by atoms with Crippen LogP contribution in [0.3, 0.4) is 0 Å². The van der Waals surface area contributed by atoms with Crippen LogP contribution in [0.15, 0.2) is 36.5 Å². The summed E-state index contributed by atoms with van der Waals surface area (Å²) in [5, 5.41) is 3.33. The number of piperazine rings is 1. The maximum atomic E-state index is 14.3. The van der Waals surface area contributed by atoms with Crippen LogP contribution >= 0.6 is 0 Å². The highest BCUT2D eigenvalue weighted by Crippen LogP contribution is 2.31. The Morgan fingerprint density at radius 2 is 2.04 bits per heavy atom. The van der Waals surface area contributed by atoms with Crippen LogP contribution in [0.5, 0.6) is 0 Å². The maximum Gasteiger partial charge on any atom is 0.228 e. The molecule has 5 nitrogen and oxygen atoms in total. The zero-order chi connectivity index (χ0) is 18.1. The molecule has 3 heterocycles. The van der Waals surface area contributed by atoms with Crippen molar-refractivity contribution in [2.24, 2.45) is 0 Å². The van der Waals surface area contributed by atoms with Crippen LogP contribution in [0.25, 0.3) is 11.1 Å². The van der Waals surface area contributed by atoms with Crippen LogP contribution in [-0.2, 0) is 4.79 Å². The fourth-order valence-electron chi connectivity index (χ4n) is 3.90. The van der Waals surface area contributed by atoms with E-state index in [2.05, 4.69) is 15.2 Å². The molecule has 1 amide bonds. The standard InChI is InChI=1S/C20H23FN4O/c1-14-19(3-2-4-23-14)15-9-16(21)11-17(10-15)25-13-18(12-20(25)26)24-7-5-22-6-8-24/h2-4,9-11,18,22H,5-8,12-13H2,1H3. The molecule has 0 aliphatic carbocycles. The van der Waals surface area contributed by atoms with Gasteiger partial charge in [0, 0.05) is 68.3 Å². The number of hydrogen-bond donors (Lipinski definition) is 1. The summed E-state index contributed by atoms with van der Waals surface area (Å²) in [5.41, 5.74) is 3.11. The highest BCUT2D eigenvalue weighted by Gasteiger charge is 2.35. The minimum Gasteiger partial charge on any atom is -0.314 e. The van der Waals surface area contributed by atoms with Crippen molar-refractivity contribution in [2.45, 2.75) is 19.4 Å². The molecule has 2 aromatic rings. The first-order valence-corrected chi connectivity index (χ1v) is 9.09. The Morgan fingerprint density at radius 1 is 1.23 bits per heavy atom. The van der Waals surface area contributed by atoms with Gasteiger partial charge in [-0.05, 0) is 36.8 Å². The number of carbonyl (C=O) groups is 1. The lowest BCUT2D eigenvalue weighted by molar-refractivity contribution is -0.117. The van der Waals surface area contributed by atoms with Gasteiger partial charge in [-0.15, -0.1) is 0 Å². The Balaban J connectivity index is 1.61. The Hall–Kier alpha value is -2.31. The molecule has 0 radical (unpaired) electrons. The molecule has 1 N–H and O–H groups in total. The van der Waals surface area contributed by atoms with Gasteiger partial charge in [-0.25, -0.2) is 4.39 Å². The lowest BCUT2D eigenvalue weighted by atomic mass is 10.0. The topological polar surface area (TPSA) is 48.5 Å². The average molecular weight is 354 g/mol. The van der Waals surface area contributed by atoms with Gasteiger partial charge in [0.15, 0.2) is 0 Å². The molecule has 2 fully saturated rings. The van der Waals surface area contributed by atoms with Crippen molar-refractivity contribution in [3.8, 4) is 11.1 Å². The Kier molecular flexibility index (Phi) is 4.70. The van der Waals surface area contributed by atoms with Crippen molar-refractivity contribution in [3.05, 3.63) is 48.0 Å². The van der Waals surface area contributed by atoms with Crippen LogP contribution in [0.4, 0.5) is 10.1 Å². The number of amides is 1. The largest absolute Gasteiger partial charge is 0.314 e. The Bertz CT molecular complexity index is 819. The number of halogens is 1. The van der Waals surface area contributed by atoms with Crippen molar-refractivity contribution in [1.29, 1.82) is 0 Å². The van der Waals surface area contributed by atoms with Gasteiger partial charge >= 0.3 is 0 Å². The summed E-state index contributed by atoms with van der Waals surface area (Å²) in [7, 11) is 0. The van der Waals surface area contributed by atoms with Crippen molar-refractivity contribution in [3.63, 3.8) is 0 Å². The molecule has 0 bridgehead atoms. The molecule has 1 aromatic heterocycles. The fourth-order valence-corrected chi connectivity index (χ4v) is 3.90. The molecule has 26 heavy (non-hydrogen) atoms. The molecule has 0 saturated carbocycles. The number of anilines is 1. The monoisotopic (exact) mass is 354 g/mol. The number of rotatable bonds is 3. The number of nitrogens with zero attached hydrogens (tertiary/aromatic N) is 3. The molecule has 0 spiro atoms. The summed E-state index contributed by atoms with van der Waals surface area (Å²) in [6.07, 6.45) is 2.22. The van der Waals surface area contributed by atoms with E-state index in [1.807, 2.05) is 25.1 Å². The lowest BCUT2D eigenvalue weighted by Crippen LogP contribution is -2.49. The summed E-state index contributed by atoms with van der Waals surface area (Å²) in [5.74, 6) is -0.271. The number of benzene rings is 1. The van der Waals surface area contributed by atoms with Gasteiger partial charge in [0.1, 0.15) is 5.82 Å². The van der Waals surface area contributed by atoms with Crippen molar-refractivity contribution >= 4 is 11.6 Å². The number of nitrogens with one attached hydrogen (secondary N) is 1. The molecular formula is C20H23FN4O. The van der Waals surface area contributed by atoms with Crippen molar-refractivity contribution in [2.75, 3.05) is 37.6 Å². The van der Waals surface area contributed by atoms with Crippen LogP contribution in [0.1, 0.15) is 12.1 Å². The second kappa shape index (κ2) is 7.13. The Morgan fingerprint density at radius 3 is 2.81 bits per heavy atom. The van der Waals surface area contributed by atoms with Gasteiger partial charge in [0.05, 0.1) is 0 Å². The summed E-state index contributed by atoms with van der Waals surface area (Å²) in [6.45, 7) is 6.34. The van der Waals surface area contributed by atoms with Gasteiger partial charge in [0.2, 0.25) is 5.91 Å². The SMILES string of the molecule is Cc1ncccc1-c1cc(F)cc(N2CC(N3CCNCC3)CC2=O)c1. The molecule has 6 heteroatoms.